The molecule has 3 aliphatic rings. The van der Waals surface area contributed by atoms with Crippen LogP contribution in [0.25, 0.3) is 0 Å². The Kier molecular flexibility index (Phi) is 3.49. The summed E-state index contributed by atoms with van der Waals surface area (Å²) < 4.78 is 13.2. The summed E-state index contributed by atoms with van der Waals surface area (Å²) in [7, 11) is 0. The molecular weight excluding hydrogens is 406 g/mol. The standard InChI is InChI=1S/C22H22BrNO3/c1-4-21(3)11-13-9-14-18(10-17(13)27-21)26-12-22(14)19-15(23)7-6-8-16(19)24(5-2)20(22)25/h6-10H,4-5,11-12H2,1-3H3. The molecule has 0 N–H and O–H groups in total. The first kappa shape index (κ1) is 17.1. The minimum Gasteiger partial charge on any atom is -0.491 e. The molecule has 2 aromatic rings. The molecule has 2 atom stereocenters. The normalized spacial score (nSPS) is 27.4. The van der Waals surface area contributed by atoms with Crippen molar-refractivity contribution in [1.82, 2.24) is 0 Å². The molecule has 27 heavy (non-hydrogen) atoms. The van der Waals surface area contributed by atoms with Crippen molar-refractivity contribution in [2.45, 2.75) is 44.6 Å². The second-order valence-electron chi connectivity index (χ2n) is 7.92. The first-order valence-corrected chi connectivity index (χ1v) is 10.3. The highest BCUT2D eigenvalue weighted by atomic mass is 79.9. The number of nitrogens with zero attached hydrogens (tertiary/aromatic N) is 1. The molecule has 3 aliphatic heterocycles. The highest BCUT2D eigenvalue weighted by Gasteiger charge is 2.58. The Morgan fingerprint density at radius 1 is 1.22 bits per heavy atom. The fourth-order valence-corrected chi connectivity index (χ4v) is 5.46. The predicted molar refractivity (Wildman–Crippen MR) is 108 cm³/mol. The largest absolute Gasteiger partial charge is 0.491 e. The van der Waals surface area contributed by atoms with Crippen LogP contribution in [0.4, 0.5) is 5.69 Å². The van der Waals surface area contributed by atoms with Crippen LogP contribution in [0.5, 0.6) is 11.5 Å². The number of carbonyl (C=O) groups excluding carboxylic acids is 1. The molecule has 0 saturated carbocycles. The van der Waals surface area contributed by atoms with Gasteiger partial charge in [-0.3, -0.25) is 4.79 Å². The summed E-state index contributed by atoms with van der Waals surface area (Å²) >= 11 is 3.70. The van der Waals surface area contributed by atoms with Crippen molar-refractivity contribution in [3.8, 4) is 11.5 Å². The van der Waals surface area contributed by atoms with E-state index in [1.54, 1.807) is 0 Å². The van der Waals surface area contributed by atoms with Crippen molar-refractivity contribution in [2.24, 2.45) is 0 Å². The number of likely N-dealkylation sites (N-methyl/N-ethyl adjacent to an activating group) is 1. The fourth-order valence-electron chi connectivity index (χ4n) is 4.76. The van der Waals surface area contributed by atoms with Gasteiger partial charge in [-0.25, -0.2) is 0 Å². The third-order valence-corrected chi connectivity index (χ3v) is 7.03. The maximum atomic E-state index is 13.6. The second kappa shape index (κ2) is 5.51. The zero-order valence-corrected chi connectivity index (χ0v) is 17.4. The van der Waals surface area contributed by atoms with Crippen LogP contribution in [0.1, 0.15) is 43.9 Å². The Morgan fingerprint density at radius 2 is 2.04 bits per heavy atom. The monoisotopic (exact) mass is 427 g/mol. The lowest BCUT2D eigenvalue weighted by Gasteiger charge is -2.23. The first-order chi connectivity index (χ1) is 12.9. The first-order valence-electron chi connectivity index (χ1n) is 9.53. The predicted octanol–water partition coefficient (Wildman–Crippen LogP) is 4.60. The average molecular weight is 428 g/mol. The third-order valence-electron chi connectivity index (χ3n) is 6.37. The van der Waals surface area contributed by atoms with Gasteiger partial charge < -0.3 is 14.4 Å². The molecule has 1 amide bonds. The van der Waals surface area contributed by atoms with Gasteiger partial charge in [0.2, 0.25) is 5.91 Å². The van der Waals surface area contributed by atoms with Crippen LogP contribution in [-0.4, -0.2) is 24.7 Å². The van der Waals surface area contributed by atoms with E-state index in [2.05, 4.69) is 35.8 Å². The van der Waals surface area contributed by atoms with Crippen molar-refractivity contribution in [2.75, 3.05) is 18.1 Å². The molecule has 5 heteroatoms. The van der Waals surface area contributed by atoms with Gasteiger partial charge in [-0.1, -0.05) is 28.9 Å². The fraction of sp³-hybridized carbons (Fsp3) is 0.409. The van der Waals surface area contributed by atoms with Crippen LogP contribution < -0.4 is 14.4 Å². The smallest absolute Gasteiger partial charge is 0.245 e. The summed E-state index contributed by atoms with van der Waals surface area (Å²) in [5.74, 6) is 1.75. The highest BCUT2D eigenvalue weighted by Crippen LogP contribution is 2.56. The van der Waals surface area contributed by atoms with Crippen molar-refractivity contribution in [3.05, 3.63) is 51.5 Å². The molecule has 5 rings (SSSR count). The number of rotatable bonds is 2. The van der Waals surface area contributed by atoms with E-state index < -0.39 is 5.41 Å². The molecule has 0 aromatic heterocycles. The highest BCUT2D eigenvalue weighted by molar-refractivity contribution is 9.10. The molecular formula is C22H22BrNO3. The minimum atomic E-state index is -0.777. The lowest BCUT2D eigenvalue weighted by atomic mass is 9.76. The number of fused-ring (bicyclic) bond motifs is 5. The number of carbonyl (C=O) groups is 1. The SMILES string of the molecule is CCN1C(=O)C2(COc3cc4c(cc32)CC(C)(CC)O4)c2c(Br)cccc21. The molecule has 0 aliphatic carbocycles. The summed E-state index contributed by atoms with van der Waals surface area (Å²) in [6.07, 6.45) is 1.80. The van der Waals surface area contributed by atoms with Gasteiger partial charge in [-0.05, 0) is 44.0 Å². The van der Waals surface area contributed by atoms with Gasteiger partial charge in [0, 0.05) is 40.3 Å². The van der Waals surface area contributed by atoms with Gasteiger partial charge in [0.15, 0.2) is 0 Å². The molecule has 1 spiro atoms. The summed E-state index contributed by atoms with van der Waals surface area (Å²) in [4.78, 5) is 15.5. The van der Waals surface area contributed by atoms with E-state index in [9.17, 15) is 4.79 Å². The number of benzene rings is 2. The molecule has 3 heterocycles. The topological polar surface area (TPSA) is 38.8 Å². The Labute approximate surface area is 167 Å². The van der Waals surface area contributed by atoms with E-state index in [1.807, 2.05) is 36.1 Å². The lowest BCUT2D eigenvalue weighted by molar-refractivity contribution is -0.122. The summed E-state index contributed by atoms with van der Waals surface area (Å²) in [5.41, 5.74) is 3.17. The second-order valence-corrected chi connectivity index (χ2v) is 8.77. The molecule has 4 nitrogen and oxygen atoms in total. The quantitative estimate of drug-likeness (QED) is 0.702. The molecule has 0 saturated heterocycles. The average Bonchev–Trinajstić information content (AvgIpc) is 3.25. The van der Waals surface area contributed by atoms with Gasteiger partial charge >= 0.3 is 0 Å². The zero-order valence-electron chi connectivity index (χ0n) is 15.8. The Morgan fingerprint density at radius 3 is 2.78 bits per heavy atom. The molecule has 0 bridgehead atoms. The van der Waals surface area contributed by atoms with Crippen LogP contribution in [-0.2, 0) is 16.6 Å². The zero-order chi connectivity index (χ0) is 19.0. The maximum Gasteiger partial charge on any atom is 0.245 e. The number of amides is 1. The molecule has 140 valence electrons. The van der Waals surface area contributed by atoms with Gasteiger partial charge in [-0.2, -0.15) is 0 Å². The van der Waals surface area contributed by atoms with Crippen LogP contribution in [0.3, 0.4) is 0 Å². The van der Waals surface area contributed by atoms with Crippen LogP contribution in [0.2, 0.25) is 0 Å². The molecule has 2 aromatic carbocycles. The summed E-state index contributed by atoms with van der Waals surface area (Å²) in [6.45, 7) is 7.27. The van der Waals surface area contributed by atoms with E-state index in [-0.39, 0.29) is 11.5 Å². The van der Waals surface area contributed by atoms with Gasteiger partial charge in [0.25, 0.3) is 0 Å². The number of anilines is 1. The lowest BCUT2D eigenvalue weighted by Crippen LogP contribution is -2.42. The van der Waals surface area contributed by atoms with Gasteiger partial charge in [0.05, 0.1) is 0 Å². The van der Waals surface area contributed by atoms with Crippen LogP contribution in [0.15, 0.2) is 34.8 Å². The number of hydrogen-bond acceptors (Lipinski definition) is 3. The Balaban J connectivity index is 1.73. The van der Waals surface area contributed by atoms with E-state index in [0.29, 0.717) is 13.2 Å². The summed E-state index contributed by atoms with van der Waals surface area (Å²) in [5, 5.41) is 0. The summed E-state index contributed by atoms with van der Waals surface area (Å²) in [6, 6.07) is 10.2. The van der Waals surface area contributed by atoms with Crippen molar-refractivity contribution in [3.63, 3.8) is 0 Å². The van der Waals surface area contributed by atoms with Crippen molar-refractivity contribution >= 4 is 27.5 Å². The van der Waals surface area contributed by atoms with E-state index in [1.165, 1.54) is 5.56 Å². The minimum absolute atomic E-state index is 0.0998. The number of ether oxygens (including phenoxy) is 2. The molecule has 0 radical (unpaired) electrons. The van der Waals surface area contributed by atoms with Crippen molar-refractivity contribution in [1.29, 1.82) is 0 Å². The maximum absolute atomic E-state index is 13.6. The molecule has 2 unspecified atom stereocenters. The van der Waals surface area contributed by atoms with Crippen LogP contribution in [0, 0.1) is 0 Å². The van der Waals surface area contributed by atoms with Crippen molar-refractivity contribution < 1.29 is 14.3 Å². The van der Waals surface area contributed by atoms with Crippen LogP contribution >= 0.6 is 15.9 Å². The van der Waals surface area contributed by atoms with Gasteiger partial charge in [0.1, 0.15) is 29.1 Å². The van der Waals surface area contributed by atoms with E-state index >= 15 is 0 Å². The Hall–Kier alpha value is -2.01. The third kappa shape index (κ3) is 2.06. The number of hydrogen-bond donors (Lipinski definition) is 0. The van der Waals surface area contributed by atoms with Gasteiger partial charge in [-0.15, -0.1) is 0 Å². The molecule has 0 fully saturated rings. The van der Waals surface area contributed by atoms with E-state index in [0.717, 1.165) is 45.6 Å². The van der Waals surface area contributed by atoms with E-state index in [4.69, 9.17) is 9.47 Å². The Bertz CT molecular complexity index is 988. The number of halogens is 1.